The second-order valence-electron chi connectivity index (χ2n) is 7.83. The second-order valence-corrected chi connectivity index (χ2v) is 7.83. The van der Waals surface area contributed by atoms with Crippen molar-refractivity contribution in [1.82, 2.24) is 0 Å². The van der Waals surface area contributed by atoms with Gasteiger partial charge in [-0.2, -0.15) is 4.39 Å². The van der Waals surface area contributed by atoms with Gasteiger partial charge in [0, 0.05) is 11.1 Å². The molecular weight excluding hydrogens is 488 g/mol. The van der Waals surface area contributed by atoms with Gasteiger partial charge in [-0.25, -0.2) is 18.0 Å². The Morgan fingerprint density at radius 3 is 1.68 bits per heavy atom. The van der Waals surface area contributed by atoms with Crippen molar-refractivity contribution in [3.8, 4) is 39.5 Å². The molecule has 0 fully saturated rings. The van der Waals surface area contributed by atoms with Crippen molar-refractivity contribution in [1.29, 1.82) is 0 Å². The number of ether oxygens (including phenoxy) is 3. The molecule has 4 aromatic rings. The molecule has 8 heteroatoms. The lowest BCUT2D eigenvalue weighted by molar-refractivity contribution is 0.0728. The highest BCUT2D eigenvalue weighted by atomic mass is 19.2. The van der Waals surface area contributed by atoms with Crippen LogP contribution in [0.2, 0.25) is 0 Å². The molecule has 0 aliphatic rings. The molecule has 0 aromatic heterocycles. The van der Waals surface area contributed by atoms with Crippen LogP contribution in [0.1, 0.15) is 24.2 Å². The first kappa shape index (κ1) is 25.8. The number of carbonyl (C=O) groups excluding carboxylic acids is 1. The number of carbonyl (C=O) groups is 1. The Balaban J connectivity index is 1.51. The SMILES string of the molecule is CCOc1ccc(-c2ccc(C(=O)Oc3ccc(-c4ccc(OCC)c(F)c4F)cc3)c(F)c2F)cc1. The maximum atomic E-state index is 14.8. The van der Waals surface area contributed by atoms with Crippen LogP contribution in [-0.4, -0.2) is 19.2 Å². The maximum absolute atomic E-state index is 14.8. The summed E-state index contributed by atoms with van der Waals surface area (Å²) in [5, 5.41) is 0. The van der Waals surface area contributed by atoms with Crippen molar-refractivity contribution < 1.29 is 36.6 Å². The molecular formula is C29H22F4O4. The molecule has 0 unspecified atom stereocenters. The van der Waals surface area contributed by atoms with Crippen molar-refractivity contribution >= 4 is 5.97 Å². The fraction of sp³-hybridized carbons (Fsp3) is 0.138. The molecule has 0 aliphatic carbocycles. The molecule has 0 spiro atoms. The summed E-state index contributed by atoms with van der Waals surface area (Å²) in [6.07, 6.45) is 0. The zero-order valence-electron chi connectivity index (χ0n) is 20.0. The second kappa shape index (κ2) is 11.2. The number of esters is 1. The third-order valence-corrected chi connectivity index (χ3v) is 5.50. The van der Waals surface area contributed by atoms with E-state index < -0.39 is 34.8 Å². The fourth-order valence-corrected chi connectivity index (χ4v) is 3.71. The van der Waals surface area contributed by atoms with E-state index in [0.29, 0.717) is 23.5 Å². The van der Waals surface area contributed by atoms with E-state index in [0.717, 1.165) is 6.07 Å². The molecule has 4 aromatic carbocycles. The third kappa shape index (κ3) is 5.43. The molecule has 0 bridgehead atoms. The van der Waals surface area contributed by atoms with Crippen LogP contribution in [0.15, 0.2) is 72.8 Å². The Bertz CT molecular complexity index is 1420. The summed E-state index contributed by atoms with van der Waals surface area (Å²) in [6, 6.07) is 17.0. The molecule has 0 aliphatic heterocycles. The highest BCUT2D eigenvalue weighted by Gasteiger charge is 2.21. The van der Waals surface area contributed by atoms with Crippen molar-refractivity contribution in [3.05, 3.63) is 102 Å². The molecule has 0 amide bonds. The van der Waals surface area contributed by atoms with Gasteiger partial charge in [0.05, 0.1) is 18.8 Å². The number of hydrogen-bond acceptors (Lipinski definition) is 4. The van der Waals surface area contributed by atoms with Gasteiger partial charge in [0.2, 0.25) is 5.82 Å². The van der Waals surface area contributed by atoms with Gasteiger partial charge in [-0.3, -0.25) is 0 Å². The van der Waals surface area contributed by atoms with Crippen LogP contribution < -0.4 is 14.2 Å². The molecule has 190 valence electrons. The Labute approximate surface area is 211 Å². The van der Waals surface area contributed by atoms with Crippen LogP contribution >= 0.6 is 0 Å². The van der Waals surface area contributed by atoms with Crippen LogP contribution in [0.4, 0.5) is 17.6 Å². The summed E-state index contributed by atoms with van der Waals surface area (Å²) in [5.41, 5.74) is 0.100. The topological polar surface area (TPSA) is 44.8 Å². The minimum Gasteiger partial charge on any atom is -0.494 e. The lowest BCUT2D eigenvalue weighted by Gasteiger charge is -2.11. The van der Waals surface area contributed by atoms with Crippen LogP contribution in [0, 0.1) is 23.3 Å². The van der Waals surface area contributed by atoms with Gasteiger partial charge >= 0.3 is 5.97 Å². The zero-order valence-corrected chi connectivity index (χ0v) is 20.0. The Kier molecular flexibility index (Phi) is 7.77. The average molecular weight is 510 g/mol. The van der Waals surface area contributed by atoms with Gasteiger partial charge in [-0.05, 0) is 67.4 Å². The van der Waals surface area contributed by atoms with E-state index in [1.165, 1.54) is 42.5 Å². The Morgan fingerprint density at radius 1 is 0.595 bits per heavy atom. The molecule has 0 saturated heterocycles. The number of rotatable bonds is 8. The average Bonchev–Trinajstić information content (AvgIpc) is 2.90. The summed E-state index contributed by atoms with van der Waals surface area (Å²) in [6.45, 7) is 4.14. The van der Waals surface area contributed by atoms with Gasteiger partial charge in [-0.1, -0.05) is 30.3 Å². The lowest BCUT2D eigenvalue weighted by atomic mass is 10.0. The summed E-state index contributed by atoms with van der Waals surface area (Å²) < 4.78 is 73.8. The fourth-order valence-electron chi connectivity index (χ4n) is 3.71. The summed E-state index contributed by atoms with van der Waals surface area (Å²) in [7, 11) is 0. The minimum atomic E-state index is -1.35. The van der Waals surface area contributed by atoms with Crippen LogP contribution in [0.5, 0.6) is 17.2 Å². The molecule has 4 nitrogen and oxygen atoms in total. The minimum absolute atomic E-state index is 0.0102. The first-order valence-electron chi connectivity index (χ1n) is 11.5. The number of halogens is 4. The molecule has 0 N–H and O–H groups in total. The van der Waals surface area contributed by atoms with Crippen LogP contribution in [0.25, 0.3) is 22.3 Å². The van der Waals surface area contributed by atoms with E-state index in [9.17, 15) is 22.4 Å². The number of hydrogen-bond donors (Lipinski definition) is 0. The summed E-state index contributed by atoms with van der Waals surface area (Å²) >= 11 is 0. The molecule has 37 heavy (non-hydrogen) atoms. The largest absolute Gasteiger partial charge is 0.494 e. The van der Waals surface area contributed by atoms with E-state index in [-0.39, 0.29) is 29.2 Å². The Morgan fingerprint density at radius 2 is 1.11 bits per heavy atom. The summed E-state index contributed by atoms with van der Waals surface area (Å²) in [4.78, 5) is 12.5. The normalized spacial score (nSPS) is 10.8. The van der Waals surface area contributed by atoms with E-state index in [1.54, 1.807) is 31.2 Å². The van der Waals surface area contributed by atoms with Crippen LogP contribution in [0.3, 0.4) is 0 Å². The predicted octanol–water partition coefficient (Wildman–Crippen LogP) is 7.59. The van der Waals surface area contributed by atoms with Gasteiger partial charge in [0.1, 0.15) is 11.5 Å². The molecule has 0 radical (unpaired) electrons. The lowest BCUT2D eigenvalue weighted by Crippen LogP contribution is -2.12. The van der Waals surface area contributed by atoms with E-state index in [4.69, 9.17) is 14.2 Å². The first-order valence-corrected chi connectivity index (χ1v) is 11.5. The molecule has 0 heterocycles. The molecule has 4 rings (SSSR count). The predicted molar refractivity (Wildman–Crippen MR) is 131 cm³/mol. The van der Waals surface area contributed by atoms with E-state index in [2.05, 4.69) is 0 Å². The van der Waals surface area contributed by atoms with Crippen molar-refractivity contribution in [2.75, 3.05) is 13.2 Å². The first-order chi connectivity index (χ1) is 17.8. The molecule has 0 saturated carbocycles. The van der Waals surface area contributed by atoms with Gasteiger partial charge < -0.3 is 14.2 Å². The monoisotopic (exact) mass is 510 g/mol. The Hall–Kier alpha value is -4.33. The van der Waals surface area contributed by atoms with Gasteiger partial charge in [0.25, 0.3) is 0 Å². The van der Waals surface area contributed by atoms with E-state index in [1.807, 2.05) is 6.92 Å². The standard InChI is InChI=1S/C29H22F4O4/c1-3-35-19-9-5-17(6-10-19)21-13-14-23(27(32)25(21)30)29(34)37-20-11-7-18(8-12-20)22-15-16-24(36-4-2)28(33)26(22)31/h5-16H,3-4H2,1-2H3. The van der Waals surface area contributed by atoms with Crippen LogP contribution in [-0.2, 0) is 0 Å². The summed E-state index contributed by atoms with van der Waals surface area (Å²) in [5.74, 6) is -5.44. The third-order valence-electron chi connectivity index (χ3n) is 5.50. The smallest absolute Gasteiger partial charge is 0.346 e. The maximum Gasteiger partial charge on any atom is 0.346 e. The van der Waals surface area contributed by atoms with Gasteiger partial charge in [0.15, 0.2) is 23.2 Å². The highest BCUT2D eigenvalue weighted by Crippen LogP contribution is 2.32. The van der Waals surface area contributed by atoms with Crippen molar-refractivity contribution in [2.24, 2.45) is 0 Å². The zero-order chi connectivity index (χ0) is 26.5. The van der Waals surface area contributed by atoms with E-state index >= 15 is 0 Å². The quantitative estimate of drug-likeness (QED) is 0.139. The highest BCUT2D eigenvalue weighted by molar-refractivity contribution is 5.92. The molecule has 0 atom stereocenters. The van der Waals surface area contributed by atoms with Gasteiger partial charge in [-0.15, -0.1) is 0 Å². The number of benzene rings is 4. The van der Waals surface area contributed by atoms with Crippen molar-refractivity contribution in [2.45, 2.75) is 13.8 Å². The van der Waals surface area contributed by atoms with Crippen molar-refractivity contribution in [3.63, 3.8) is 0 Å².